The lowest BCUT2D eigenvalue weighted by Gasteiger charge is -2.07. The Bertz CT molecular complexity index is 825. The van der Waals surface area contributed by atoms with Gasteiger partial charge in [0.1, 0.15) is 5.57 Å². The number of aliphatic hydroxyl groups is 1. The normalized spacial score (nSPS) is 12.7. The van der Waals surface area contributed by atoms with Gasteiger partial charge in [-0.15, -0.1) is 0 Å². The van der Waals surface area contributed by atoms with Crippen LogP contribution in [0.1, 0.15) is 12.5 Å². The van der Waals surface area contributed by atoms with Crippen molar-refractivity contribution in [3.05, 3.63) is 57.8 Å². The van der Waals surface area contributed by atoms with E-state index in [9.17, 15) is 19.7 Å². The molecular formula is C16H14N2O6. The molecule has 1 atom stereocenters. The van der Waals surface area contributed by atoms with Crippen molar-refractivity contribution in [2.45, 2.75) is 13.2 Å². The Balaban J connectivity index is 2.32. The predicted molar refractivity (Wildman–Crippen MR) is 84.4 cm³/mol. The summed E-state index contributed by atoms with van der Waals surface area (Å²) in [5.74, 6) is -1.60. The van der Waals surface area contributed by atoms with E-state index in [0.29, 0.717) is 11.1 Å². The second kappa shape index (κ2) is 7.42. The number of pyridine rings is 1. The highest BCUT2D eigenvalue weighted by molar-refractivity contribution is 6.20. The number of benzene rings is 1. The van der Waals surface area contributed by atoms with Crippen molar-refractivity contribution in [1.29, 1.82) is 0 Å². The largest absolute Gasteiger partial charge is 0.452 e. The maximum absolute atomic E-state index is 12.0. The molecule has 2 rings (SSSR count). The van der Waals surface area contributed by atoms with Crippen LogP contribution in [0.25, 0.3) is 17.0 Å². The minimum atomic E-state index is -2.04. The van der Waals surface area contributed by atoms with Crippen LogP contribution in [-0.2, 0) is 14.3 Å². The molecule has 0 amide bonds. The highest BCUT2D eigenvalue weighted by Gasteiger charge is 2.22. The number of rotatable bonds is 6. The van der Waals surface area contributed by atoms with Crippen LogP contribution in [0.3, 0.4) is 0 Å². The fourth-order valence-corrected chi connectivity index (χ4v) is 1.99. The molecule has 1 aromatic heterocycles. The van der Waals surface area contributed by atoms with Crippen molar-refractivity contribution in [3.63, 3.8) is 0 Å². The van der Waals surface area contributed by atoms with Gasteiger partial charge in [0.25, 0.3) is 0 Å². The summed E-state index contributed by atoms with van der Waals surface area (Å²) in [5, 5.41) is 20.1. The van der Waals surface area contributed by atoms with Crippen molar-refractivity contribution in [2.24, 2.45) is 0 Å². The number of nitro groups is 1. The highest BCUT2D eigenvalue weighted by Crippen LogP contribution is 2.19. The third kappa shape index (κ3) is 3.99. The summed E-state index contributed by atoms with van der Waals surface area (Å²) in [6, 6.07) is 8.80. The summed E-state index contributed by atoms with van der Waals surface area (Å²) in [6.45, 7) is 0.341. The van der Waals surface area contributed by atoms with Crippen LogP contribution in [0.15, 0.2) is 42.1 Å². The lowest BCUT2D eigenvalue weighted by atomic mass is 10.0. The van der Waals surface area contributed by atoms with Crippen LogP contribution in [0.4, 0.5) is 0 Å². The zero-order valence-corrected chi connectivity index (χ0v) is 12.7. The number of Topliss-reactive ketones (excluding diaryl/α,β-unsaturated/α-hetero) is 1. The molecule has 0 saturated heterocycles. The van der Waals surface area contributed by atoms with E-state index in [1.54, 1.807) is 24.3 Å². The first-order valence-corrected chi connectivity index (χ1v) is 6.95. The molecule has 124 valence electrons. The first-order chi connectivity index (χ1) is 11.4. The van der Waals surface area contributed by atoms with Crippen molar-refractivity contribution in [1.82, 2.24) is 4.98 Å². The lowest BCUT2D eigenvalue weighted by Crippen LogP contribution is -2.27. The van der Waals surface area contributed by atoms with Gasteiger partial charge in [-0.3, -0.25) is 19.9 Å². The Labute approximate surface area is 136 Å². The number of nitrogens with zero attached hydrogens (tertiary/aromatic N) is 2. The number of hydrogen-bond acceptors (Lipinski definition) is 7. The van der Waals surface area contributed by atoms with Gasteiger partial charge in [-0.2, -0.15) is 0 Å². The van der Waals surface area contributed by atoms with Crippen molar-refractivity contribution < 1.29 is 24.4 Å². The van der Waals surface area contributed by atoms with Gasteiger partial charge >= 0.3 is 12.2 Å². The third-order valence-corrected chi connectivity index (χ3v) is 3.19. The van der Waals surface area contributed by atoms with Crippen molar-refractivity contribution in [3.8, 4) is 0 Å². The Kier molecular flexibility index (Phi) is 5.33. The topological polar surface area (TPSA) is 120 Å². The van der Waals surface area contributed by atoms with Crippen LogP contribution in [-0.4, -0.2) is 39.6 Å². The summed E-state index contributed by atoms with van der Waals surface area (Å²) in [5.41, 5.74) is 0.991. The molecule has 0 aliphatic rings. The number of fused-ring (bicyclic) bond motifs is 1. The number of hydrogen-bond donors (Lipinski definition) is 1. The quantitative estimate of drug-likeness (QED) is 0.161. The number of ether oxygens (including phenoxy) is 1. The SMILES string of the molecule is CC(=O)C(=Cc1ccnc2ccccc12)C(=O)OCC(O)[N+](=O)[O-]. The van der Waals surface area contributed by atoms with Gasteiger partial charge < -0.3 is 9.84 Å². The van der Waals surface area contributed by atoms with E-state index in [-0.39, 0.29) is 5.57 Å². The summed E-state index contributed by atoms with van der Waals surface area (Å²) < 4.78 is 4.64. The first-order valence-electron chi connectivity index (χ1n) is 6.95. The van der Waals surface area contributed by atoms with Gasteiger partial charge in [0, 0.05) is 11.6 Å². The molecule has 1 aromatic carbocycles. The molecule has 1 N–H and O–H groups in total. The lowest BCUT2D eigenvalue weighted by molar-refractivity contribution is -0.572. The zero-order valence-electron chi connectivity index (χ0n) is 12.7. The van der Waals surface area contributed by atoms with Crippen LogP contribution >= 0.6 is 0 Å². The number of aliphatic hydroxyl groups excluding tert-OH is 1. The fraction of sp³-hybridized carbons (Fsp3) is 0.188. The van der Waals surface area contributed by atoms with Crippen LogP contribution < -0.4 is 0 Å². The average Bonchev–Trinajstić information content (AvgIpc) is 2.56. The van der Waals surface area contributed by atoms with E-state index in [0.717, 1.165) is 5.39 Å². The maximum Gasteiger partial charge on any atom is 0.347 e. The summed E-state index contributed by atoms with van der Waals surface area (Å²) in [7, 11) is 0. The zero-order chi connectivity index (χ0) is 17.7. The van der Waals surface area contributed by atoms with Crippen LogP contribution in [0.2, 0.25) is 0 Å². The minimum Gasteiger partial charge on any atom is -0.452 e. The first kappa shape index (κ1) is 17.2. The smallest absolute Gasteiger partial charge is 0.347 e. The van der Waals surface area contributed by atoms with E-state index < -0.39 is 29.5 Å². The number of aromatic nitrogens is 1. The van der Waals surface area contributed by atoms with E-state index in [4.69, 9.17) is 5.11 Å². The molecule has 0 saturated carbocycles. The number of esters is 1. The monoisotopic (exact) mass is 330 g/mol. The standard InChI is InChI=1S/C16H14N2O6/c1-10(19)13(16(21)24-9-15(20)18(22)23)8-11-6-7-17-14-5-3-2-4-12(11)14/h2-8,15,20H,9H2,1H3. The molecule has 24 heavy (non-hydrogen) atoms. The van der Waals surface area contributed by atoms with Gasteiger partial charge in [0.15, 0.2) is 12.4 Å². The summed E-state index contributed by atoms with van der Waals surface area (Å²) >= 11 is 0. The van der Waals surface area contributed by atoms with Crippen molar-refractivity contribution in [2.75, 3.05) is 6.61 Å². The summed E-state index contributed by atoms with van der Waals surface area (Å²) in [6.07, 6.45) is 0.838. The Morgan fingerprint density at radius 2 is 2.08 bits per heavy atom. The second-order valence-corrected chi connectivity index (χ2v) is 4.90. The van der Waals surface area contributed by atoms with Crippen molar-refractivity contribution >= 4 is 28.7 Å². The second-order valence-electron chi connectivity index (χ2n) is 4.90. The van der Waals surface area contributed by atoms with Gasteiger partial charge in [-0.05, 0) is 30.7 Å². The molecular weight excluding hydrogens is 316 g/mol. The van der Waals surface area contributed by atoms with E-state index in [1.165, 1.54) is 19.2 Å². The predicted octanol–water partition coefficient (Wildman–Crippen LogP) is 1.35. The maximum atomic E-state index is 12.0. The van der Waals surface area contributed by atoms with E-state index >= 15 is 0 Å². The minimum absolute atomic E-state index is 0.276. The Hall–Kier alpha value is -3.13. The van der Waals surface area contributed by atoms with Gasteiger partial charge in [-0.25, -0.2) is 4.79 Å². The Morgan fingerprint density at radius 3 is 2.75 bits per heavy atom. The fourth-order valence-electron chi connectivity index (χ4n) is 1.99. The molecule has 0 aliphatic heterocycles. The van der Waals surface area contributed by atoms with Gasteiger partial charge in [-0.1, -0.05) is 18.2 Å². The number of carbonyl (C=O) groups excluding carboxylic acids is 2. The Morgan fingerprint density at radius 1 is 1.38 bits per heavy atom. The van der Waals surface area contributed by atoms with E-state index in [2.05, 4.69) is 9.72 Å². The molecule has 0 bridgehead atoms. The molecule has 1 heterocycles. The molecule has 2 aromatic rings. The van der Waals surface area contributed by atoms with Crippen LogP contribution in [0, 0.1) is 10.1 Å². The van der Waals surface area contributed by atoms with E-state index in [1.807, 2.05) is 6.07 Å². The number of para-hydroxylation sites is 1. The molecule has 1 unspecified atom stereocenters. The average molecular weight is 330 g/mol. The number of ketones is 1. The van der Waals surface area contributed by atoms with Gasteiger partial charge in [0.2, 0.25) is 0 Å². The molecule has 0 radical (unpaired) electrons. The number of carbonyl (C=O) groups is 2. The molecule has 8 nitrogen and oxygen atoms in total. The summed E-state index contributed by atoms with van der Waals surface area (Å²) in [4.78, 5) is 37.2. The highest BCUT2D eigenvalue weighted by atomic mass is 16.7. The van der Waals surface area contributed by atoms with Gasteiger partial charge in [0.05, 0.1) is 10.4 Å². The molecule has 0 aliphatic carbocycles. The van der Waals surface area contributed by atoms with Crippen LogP contribution in [0.5, 0.6) is 0 Å². The molecule has 0 spiro atoms. The third-order valence-electron chi connectivity index (χ3n) is 3.19. The molecule has 0 fully saturated rings. The molecule has 8 heteroatoms.